The van der Waals surface area contributed by atoms with Gasteiger partial charge in [-0.3, -0.25) is 4.99 Å². The Hall–Kier alpha value is -1.82. The Morgan fingerprint density at radius 1 is 1.38 bits per heavy atom. The van der Waals surface area contributed by atoms with Crippen molar-refractivity contribution >= 4 is 11.8 Å². The number of aromatic nitrogens is 1. The van der Waals surface area contributed by atoms with Crippen molar-refractivity contribution in [3.05, 3.63) is 23.9 Å². The summed E-state index contributed by atoms with van der Waals surface area (Å²) >= 11 is 0. The van der Waals surface area contributed by atoms with Crippen molar-refractivity contribution in [1.29, 1.82) is 0 Å². The Kier molecular flexibility index (Phi) is 7.31. The van der Waals surface area contributed by atoms with Gasteiger partial charge in [-0.2, -0.15) is 0 Å². The summed E-state index contributed by atoms with van der Waals surface area (Å²) < 4.78 is 0. The number of rotatable bonds is 6. The topological polar surface area (TPSA) is 55.8 Å². The van der Waals surface area contributed by atoms with Gasteiger partial charge in [0, 0.05) is 53.0 Å². The molecule has 6 nitrogen and oxygen atoms in total. The fourth-order valence-electron chi connectivity index (χ4n) is 3.01. The van der Waals surface area contributed by atoms with Gasteiger partial charge in [-0.1, -0.05) is 6.92 Å². The number of guanidine groups is 1. The van der Waals surface area contributed by atoms with Crippen LogP contribution in [0.15, 0.2) is 23.3 Å². The molecule has 0 atom stereocenters. The lowest BCUT2D eigenvalue weighted by atomic mass is 10.1. The molecule has 1 aliphatic heterocycles. The van der Waals surface area contributed by atoms with E-state index in [2.05, 4.69) is 38.5 Å². The molecular weight excluding hydrogens is 300 g/mol. The van der Waals surface area contributed by atoms with E-state index in [-0.39, 0.29) is 0 Å². The summed E-state index contributed by atoms with van der Waals surface area (Å²) in [6, 6.07) is 4.65. The summed E-state index contributed by atoms with van der Waals surface area (Å²) in [6.45, 7) is 6.57. The maximum Gasteiger partial charge on any atom is 0.191 e. The lowest BCUT2D eigenvalue weighted by molar-refractivity contribution is 0.206. The molecular formula is C18H32N6. The quantitative estimate of drug-likeness (QED) is 0.613. The first-order chi connectivity index (χ1) is 11.6. The molecule has 0 radical (unpaired) electrons. The van der Waals surface area contributed by atoms with Crippen LogP contribution in [0, 0.1) is 0 Å². The van der Waals surface area contributed by atoms with Crippen LogP contribution in [0.1, 0.15) is 31.7 Å². The van der Waals surface area contributed by atoms with Crippen molar-refractivity contribution in [2.75, 3.05) is 45.7 Å². The summed E-state index contributed by atoms with van der Waals surface area (Å²) in [7, 11) is 5.84. The van der Waals surface area contributed by atoms with Gasteiger partial charge in [0.05, 0.1) is 0 Å². The first-order valence-electron chi connectivity index (χ1n) is 8.94. The van der Waals surface area contributed by atoms with E-state index in [1.807, 2.05) is 38.3 Å². The second-order valence-corrected chi connectivity index (χ2v) is 6.60. The van der Waals surface area contributed by atoms with Gasteiger partial charge < -0.3 is 20.4 Å². The van der Waals surface area contributed by atoms with E-state index in [0.29, 0.717) is 6.04 Å². The van der Waals surface area contributed by atoms with Crippen LogP contribution in [0.5, 0.6) is 0 Å². The highest BCUT2D eigenvalue weighted by atomic mass is 15.2. The van der Waals surface area contributed by atoms with E-state index >= 15 is 0 Å². The predicted molar refractivity (Wildman–Crippen MR) is 102 cm³/mol. The van der Waals surface area contributed by atoms with Crippen molar-refractivity contribution < 1.29 is 0 Å². The van der Waals surface area contributed by atoms with Gasteiger partial charge in [-0.15, -0.1) is 0 Å². The molecule has 1 aromatic heterocycles. The molecule has 2 heterocycles. The van der Waals surface area contributed by atoms with E-state index in [1.165, 1.54) is 44.5 Å². The Balaban J connectivity index is 1.80. The normalized spacial score (nSPS) is 16.9. The van der Waals surface area contributed by atoms with E-state index < -0.39 is 0 Å². The maximum atomic E-state index is 4.36. The molecule has 0 aliphatic carbocycles. The zero-order chi connectivity index (χ0) is 17.4. The highest BCUT2D eigenvalue weighted by Crippen LogP contribution is 2.11. The molecule has 0 amide bonds. The Morgan fingerprint density at radius 2 is 2.12 bits per heavy atom. The second-order valence-electron chi connectivity index (χ2n) is 6.60. The van der Waals surface area contributed by atoms with E-state index in [0.717, 1.165) is 18.3 Å². The molecule has 1 saturated heterocycles. The van der Waals surface area contributed by atoms with Gasteiger partial charge in [0.25, 0.3) is 0 Å². The monoisotopic (exact) mass is 332 g/mol. The standard InChI is InChI=1S/C18H32N6/c1-5-10-24-11-7-16(8-12-24)22-18(19-2)21-14-15-6-9-20-17(13-15)23(3)4/h6,9,13,16H,5,7-8,10-12,14H2,1-4H3,(H2,19,21,22). The number of aliphatic imine (C=N–C) groups is 1. The molecule has 24 heavy (non-hydrogen) atoms. The van der Waals surface area contributed by atoms with Crippen molar-refractivity contribution in [3.63, 3.8) is 0 Å². The Labute approximate surface area is 146 Å². The zero-order valence-electron chi connectivity index (χ0n) is 15.5. The van der Waals surface area contributed by atoms with E-state index in [9.17, 15) is 0 Å². The molecule has 0 bridgehead atoms. The van der Waals surface area contributed by atoms with Crippen LogP contribution in [0.4, 0.5) is 5.82 Å². The summed E-state index contributed by atoms with van der Waals surface area (Å²) in [4.78, 5) is 13.3. The minimum atomic E-state index is 0.513. The van der Waals surface area contributed by atoms with Crippen LogP contribution in [-0.4, -0.2) is 62.7 Å². The molecule has 1 aliphatic rings. The van der Waals surface area contributed by atoms with Crippen molar-refractivity contribution in [3.8, 4) is 0 Å². The molecule has 0 unspecified atom stereocenters. The Bertz CT molecular complexity index is 520. The van der Waals surface area contributed by atoms with Crippen LogP contribution in [0.2, 0.25) is 0 Å². The molecule has 1 aromatic rings. The molecule has 134 valence electrons. The molecule has 2 N–H and O–H groups in total. The number of anilines is 1. The number of likely N-dealkylation sites (tertiary alicyclic amines) is 1. The number of piperidine rings is 1. The molecule has 1 fully saturated rings. The number of pyridine rings is 1. The van der Waals surface area contributed by atoms with Crippen molar-refractivity contribution in [1.82, 2.24) is 20.5 Å². The number of hydrogen-bond acceptors (Lipinski definition) is 4. The minimum absolute atomic E-state index is 0.513. The molecule has 0 aromatic carbocycles. The SMILES string of the molecule is CCCN1CCC(NC(=NC)NCc2ccnc(N(C)C)c2)CC1. The van der Waals surface area contributed by atoms with Gasteiger partial charge in [-0.25, -0.2) is 4.98 Å². The van der Waals surface area contributed by atoms with Gasteiger partial charge in [0.2, 0.25) is 0 Å². The third-order valence-electron chi connectivity index (χ3n) is 4.42. The Morgan fingerprint density at radius 3 is 2.75 bits per heavy atom. The predicted octanol–water partition coefficient (Wildman–Crippen LogP) is 1.69. The van der Waals surface area contributed by atoms with Crippen molar-refractivity contribution in [2.24, 2.45) is 4.99 Å². The van der Waals surface area contributed by atoms with Crippen LogP contribution in [-0.2, 0) is 6.54 Å². The van der Waals surface area contributed by atoms with Crippen LogP contribution in [0.3, 0.4) is 0 Å². The van der Waals surface area contributed by atoms with Gasteiger partial charge in [0.15, 0.2) is 5.96 Å². The van der Waals surface area contributed by atoms with Gasteiger partial charge >= 0.3 is 0 Å². The zero-order valence-corrected chi connectivity index (χ0v) is 15.5. The van der Waals surface area contributed by atoms with Gasteiger partial charge in [0.1, 0.15) is 5.82 Å². The third kappa shape index (κ3) is 5.67. The summed E-state index contributed by atoms with van der Waals surface area (Å²) in [5.41, 5.74) is 1.20. The lowest BCUT2D eigenvalue weighted by Crippen LogP contribution is -2.48. The fraction of sp³-hybridized carbons (Fsp3) is 0.667. The molecule has 0 spiro atoms. The fourth-order valence-corrected chi connectivity index (χ4v) is 3.01. The van der Waals surface area contributed by atoms with Crippen molar-refractivity contribution in [2.45, 2.75) is 38.8 Å². The smallest absolute Gasteiger partial charge is 0.191 e. The summed E-state index contributed by atoms with van der Waals surface area (Å²) in [5, 5.41) is 6.98. The molecule has 2 rings (SSSR count). The average molecular weight is 332 g/mol. The third-order valence-corrected chi connectivity index (χ3v) is 4.42. The van der Waals surface area contributed by atoms with Crippen LogP contribution < -0.4 is 15.5 Å². The lowest BCUT2D eigenvalue weighted by Gasteiger charge is -2.32. The number of nitrogens with zero attached hydrogens (tertiary/aromatic N) is 4. The van der Waals surface area contributed by atoms with Crippen LogP contribution >= 0.6 is 0 Å². The average Bonchev–Trinajstić information content (AvgIpc) is 2.60. The van der Waals surface area contributed by atoms with Crippen LogP contribution in [0.25, 0.3) is 0 Å². The second kappa shape index (κ2) is 9.47. The first kappa shape index (κ1) is 18.5. The highest BCUT2D eigenvalue weighted by Gasteiger charge is 2.19. The number of hydrogen-bond donors (Lipinski definition) is 2. The number of nitrogens with one attached hydrogen (secondary N) is 2. The molecule has 0 saturated carbocycles. The minimum Gasteiger partial charge on any atom is -0.363 e. The molecule has 6 heteroatoms. The highest BCUT2D eigenvalue weighted by molar-refractivity contribution is 5.80. The maximum absolute atomic E-state index is 4.36. The summed E-state index contributed by atoms with van der Waals surface area (Å²) in [5.74, 6) is 1.85. The van der Waals surface area contributed by atoms with E-state index in [4.69, 9.17) is 0 Å². The van der Waals surface area contributed by atoms with E-state index in [1.54, 1.807) is 0 Å². The first-order valence-corrected chi connectivity index (χ1v) is 8.94. The largest absolute Gasteiger partial charge is 0.363 e. The summed E-state index contributed by atoms with van der Waals surface area (Å²) in [6.07, 6.45) is 5.45. The van der Waals surface area contributed by atoms with Gasteiger partial charge in [-0.05, 0) is 43.5 Å².